The Labute approximate surface area is 141 Å². The molecule has 4 heteroatoms. The third-order valence-corrected chi connectivity index (χ3v) is 6.24. The predicted octanol–water partition coefficient (Wildman–Crippen LogP) is 4.28. The van der Waals surface area contributed by atoms with Gasteiger partial charge in [-0.25, -0.2) is 0 Å². The Bertz CT molecular complexity index is 608. The standard InChI is InChI=1S/C19H26NO2S/c1-3-20(4-2)10-12-21-17-7-8-18-16(15-17)9-11-22-19(18)23-13-5-6-14-23/h5-8,13-15,19H,3-4,9-12H2,1-2H3/q+1. The van der Waals surface area contributed by atoms with E-state index < -0.39 is 0 Å². The summed E-state index contributed by atoms with van der Waals surface area (Å²) in [6.07, 6.45) is 0.976. The van der Waals surface area contributed by atoms with E-state index in [1.165, 1.54) is 11.1 Å². The van der Waals surface area contributed by atoms with Gasteiger partial charge in [0.1, 0.15) is 23.1 Å². The highest BCUT2D eigenvalue weighted by molar-refractivity contribution is 7.29. The van der Waals surface area contributed by atoms with E-state index in [0.717, 1.165) is 45.0 Å². The Morgan fingerprint density at radius 1 is 1.22 bits per heavy atom. The smallest absolute Gasteiger partial charge is 0.265 e. The van der Waals surface area contributed by atoms with Crippen molar-refractivity contribution in [3.05, 3.63) is 52.2 Å². The zero-order chi connectivity index (χ0) is 16.1. The van der Waals surface area contributed by atoms with Crippen molar-refractivity contribution in [2.75, 3.05) is 32.8 Å². The van der Waals surface area contributed by atoms with E-state index in [4.69, 9.17) is 9.47 Å². The van der Waals surface area contributed by atoms with Gasteiger partial charge in [-0.1, -0.05) is 13.8 Å². The lowest BCUT2D eigenvalue weighted by atomic mass is 10.0. The third kappa shape index (κ3) is 3.94. The van der Waals surface area contributed by atoms with E-state index in [1.807, 2.05) is 0 Å². The van der Waals surface area contributed by atoms with Crippen molar-refractivity contribution >= 4 is 10.5 Å². The van der Waals surface area contributed by atoms with Crippen LogP contribution in [0.15, 0.2) is 41.1 Å². The van der Waals surface area contributed by atoms with Crippen LogP contribution in [-0.4, -0.2) is 37.7 Å². The van der Waals surface area contributed by atoms with Crippen LogP contribution in [0.3, 0.4) is 0 Å². The highest BCUT2D eigenvalue weighted by Gasteiger charge is 2.29. The van der Waals surface area contributed by atoms with Gasteiger partial charge in [-0.3, -0.25) is 0 Å². The molecule has 0 amide bonds. The van der Waals surface area contributed by atoms with E-state index in [1.54, 1.807) is 0 Å². The molecule has 0 radical (unpaired) electrons. The van der Waals surface area contributed by atoms with Crippen LogP contribution in [0.4, 0.5) is 0 Å². The van der Waals surface area contributed by atoms with Crippen LogP contribution in [0.25, 0.3) is 0 Å². The van der Waals surface area contributed by atoms with Gasteiger partial charge in [-0.05, 0) is 55.4 Å². The van der Waals surface area contributed by atoms with Gasteiger partial charge < -0.3 is 14.4 Å². The van der Waals surface area contributed by atoms with Gasteiger partial charge in [0.25, 0.3) is 5.44 Å². The van der Waals surface area contributed by atoms with Crippen LogP contribution < -0.4 is 4.74 Å². The molecule has 1 unspecified atom stereocenters. The second-order valence-corrected chi connectivity index (χ2v) is 7.54. The third-order valence-electron chi connectivity index (χ3n) is 4.41. The monoisotopic (exact) mass is 332 g/mol. The molecule has 23 heavy (non-hydrogen) atoms. The summed E-state index contributed by atoms with van der Waals surface area (Å²) in [4.78, 5) is 2.38. The van der Waals surface area contributed by atoms with Crippen molar-refractivity contribution in [2.24, 2.45) is 0 Å². The Morgan fingerprint density at radius 3 is 2.74 bits per heavy atom. The molecule has 0 fully saturated rings. The first kappa shape index (κ1) is 16.5. The fraction of sp³-hybridized carbons (Fsp3) is 0.474. The van der Waals surface area contributed by atoms with Crippen molar-refractivity contribution in [3.8, 4) is 5.75 Å². The maximum absolute atomic E-state index is 6.03. The molecule has 1 atom stereocenters. The van der Waals surface area contributed by atoms with Gasteiger partial charge >= 0.3 is 0 Å². The largest absolute Gasteiger partial charge is 0.492 e. The summed E-state index contributed by atoms with van der Waals surface area (Å²) in [5, 5.41) is 4.49. The van der Waals surface area contributed by atoms with E-state index in [9.17, 15) is 0 Å². The minimum Gasteiger partial charge on any atom is -0.492 e. The highest BCUT2D eigenvalue weighted by Crippen LogP contribution is 2.42. The van der Waals surface area contributed by atoms with Gasteiger partial charge in [0.15, 0.2) is 0 Å². The Kier molecular flexibility index (Phi) is 5.70. The van der Waals surface area contributed by atoms with Crippen LogP contribution in [0.1, 0.15) is 30.4 Å². The van der Waals surface area contributed by atoms with Crippen molar-refractivity contribution in [2.45, 2.75) is 25.7 Å². The van der Waals surface area contributed by atoms with Crippen LogP contribution >= 0.6 is 10.5 Å². The molecule has 124 valence electrons. The van der Waals surface area contributed by atoms with Crippen molar-refractivity contribution in [1.82, 2.24) is 4.90 Å². The van der Waals surface area contributed by atoms with Crippen molar-refractivity contribution < 1.29 is 9.47 Å². The van der Waals surface area contributed by atoms with Gasteiger partial charge in [-0.15, -0.1) is 0 Å². The Balaban J connectivity index is 1.67. The number of benzene rings is 1. The van der Waals surface area contributed by atoms with Gasteiger partial charge in [-0.2, -0.15) is 0 Å². The van der Waals surface area contributed by atoms with Gasteiger partial charge in [0.05, 0.1) is 6.61 Å². The summed E-state index contributed by atoms with van der Waals surface area (Å²) < 4.78 is 12.0. The molecule has 3 nitrogen and oxygen atoms in total. The number of likely N-dealkylation sites (N-methyl/N-ethyl adjacent to an activating group) is 1. The average Bonchev–Trinajstić information content (AvgIpc) is 3.12. The molecule has 2 aromatic rings. The summed E-state index contributed by atoms with van der Waals surface area (Å²) >= 11 is 0. The number of rotatable bonds is 7. The molecule has 1 aromatic carbocycles. The summed E-state index contributed by atoms with van der Waals surface area (Å²) in [6.45, 7) is 9.06. The van der Waals surface area contributed by atoms with Gasteiger partial charge in [0, 0.05) is 22.6 Å². The number of hydrogen-bond acceptors (Lipinski definition) is 3. The summed E-state index contributed by atoms with van der Waals surface area (Å²) in [6, 6.07) is 10.7. The van der Waals surface area contributed by atoms with E-state index >= 15 is 0 Å². The molecule has 0 N–H and O–H groups in total. The number of thiophene rings is 1. The minimum absolute atomic E-state index is 0.0734. The molecular weight excluding hydrogens is 306 g/mol. The molecule has 1 aliphatic heterocycles. The number of hydrogen-bond donors (Lipinski definition) is 0. The fourth-order valence-electron chi connectivity index (χ4n) is 3.00. The average molecular weight is 332 g/mol. The molecule has 1 aromatic heterocycles. The fourth-order valence-corrected chi connectivity index (χ4v) is 4.70. The van der Waals surface area contributed by atoms with E-state index in [-0.39, 0.29) is 15.9 Å². The molecule has 0 saturated carbocycles. The Hall–Kier alpha value is -1.36. The summed E-state index contributed by atoms with van der Waals surface area (Å²) in [5.41, 5.74) is 2.88. The topological polar surface area (TPSA) is 21.7 Å². The predicted molar refractivity (Wildman–Crippen MR) is 96.4 cm³/mol. The summed E-state index contributed by atoms with van der Waals surface area (Å²) in [5.74, 6) is 0.984. The van der Waals surface area contributed by atoms with Crippen molar-refractivity contribution in [3.63, 3.8) is 0 Å². The second kappa shape index (κ2) is 7.95. The van der Waals surface area contributed by atoms with E-state index in [0.29, 0.717) is 0 Å². The maximum Gasteiger partial charge on any atom is 0.265 e. The maximum atomic E-state index is 6.03. The minimum atomic E-state index is 0.0734. The first-order valence-electron chi connectivity index (χ1n) is 8.47. The van der Waals surface area contributed by atoms with Gasteiger partial charge in [0.2, 0.25) is 0 Å². The lowest BCUT2D eigenvalue weighted by Crippen LogP contribution is -2.27. The molecule has 0 bridgehead atoms. The molecule has 0 aliphatic carbocycles. The van der Waals surface area contributed by atoms with Crippen LogP contribution in [0.5, 0.6) is 5.75 Å². The van der Waals surface area contributed by atoms with Crippen LogP contribution in [-0.2, 0) is 11.2 Å². The molecule has 1 aliphatic rings. The number of ether oxygens (including phenoxy) is 2. The van der Waals surface area contributed by atoms with Crippen molar-refractivity contribution in [1.29, 1.82) is 0 Å². The van der Waals surface area contributed by atoms with Crippen LogP contribution in [0, 0.1) is 0 Å². The SMILES string of the molecule is CCN(CC)CCOc1ccc2c(c1)CCOC2[s+]1cccc1. The number of fused-ring (bicyclic) bond motifs is 1. The zero-order valence-electron chi connectivity index (χ0n) is 14.0. The molecule has 0 saturated heterocycles. The molecular formula is C19H26NO2S+. The summed E-state index contributed by atoms with van der Waals surface area (Å²) in [7, 11) is 0.0734. The van der Waals surface area contributed by atoms with Crippen LogP contribution in [0.2, 0.25) is 0 Å². The molecule has 0 spiro atoms. The molecule has 2 heterocycles. The highest BCUT2D eigenvalue weighted by atomic mass is 32.2. The normalized spacial score (nSPS) is 17.3. The first-order chi connectivity index (χ1) is 11.3. The molecule has 3 rings (SSSR count). The zero-order valence-corrected chi connectivity index (χ0v) is 14.8. The first-order valence-corrected chi connectivity index (χ1v) is 9.88. The second-order valence-electron chi connectivity index (χ2n) is 5.75. The lowest BCUT2D eigenvalue weighted by Gasteiger charge is -2.22. The lowest BCUT2D eigenvalue weighted by molar-refractivity contribution is 0.0994. The number of nitrogens with zero attached hydrogens (tertiary/aromatic N) is 1. The van der Waals surface area contributed by atoms with E-state index in [2.05, 4.69) is 59.8 Å². The quantitative estimate of drug-likeness (QED) is 0.707. The Morgan fingerprint density at radius 2 is 2.00 bits per heavy atom.